The molecular weight excluding hydrogens is 443 g/mol. The molecule has 1 fully saturated rings. The molecule has 0 spiro atoms. The van der Waals surface area contributed by atoms with Gasteiger partial charge >= 0.3 is 0 Å². The van der Waals surface area contributed by atoms with Crippen LogP contribution in [0.25, 0.3) is 6.08 Å². The number of carbonyl (C=O) groups is 2. The maximum Gasteiger partial charge on any atom is 0.257 e. The molecule has 1 aliphatic rings. The van der Waals surface area contributed by atoms with Gasteiger partial charge in [-0.15, -0.1) is 0 Å². The highest BCUT2D eigenvalue weighted by molar-refractivity contribution is 7.93. The molecule has 0 bridgehead atoms. The van der Waals surface area contributed by atoms with Crippen LogP contribution < -0.4 is 9.62 Å². The topological polar surface area (TPSA) is 83.6 Å². The van der Waals surface area contributed by atoms with E-state index in [1.54, 1.807) is 38.1 Å². The highest BCUT2D eigenvalue weighted by atomic mass is 32.2. The van der Waals surface area contributed by atoms with Crippen LogP contribution in [0, 0.1) is 17.7 Å². The molecule has 0 heterocycles. The van der Waals surface area contributed by atoms with E-state index in [0.717, 1.165) is 18.2 Å². The molecule has 2 aromatic rings. The van der Waals surface area contributed by atoms with E-state index in [1.165, 1.54) is 35.2 Å². The molecule has 1 saturated carbocycles. The summed E-state index contributed by atoms with van der Waals surface area (Å²) in [7, 11) is -4.10. The van der Waals surface area contributed by atoms with E-state index in [2.05, 4.69) is 4.72 Å². The Morgan fingerprint density at radius 2 is 1.64 bits per heavy atom. The van der Waals surface area contributed by atoms with Crippen LogP contribution in [0.4, 0.5) is 10.1 Å². The van der Waals surface area contributed by atoms with Gasteiger partial charge in [0.2, 0.25) is 11.8 Å². The van der Waals surface area contributed by atoms with Crippen molar-refractivity contribution in [2.45, 2.75) is 45.6 Å². The zero-order valence-corrected chi connectivity index (χ0v) is 19.6. The second-order valence-electron chi connectivity index (χ2n) is 8.53. The van der Waals surface area contributed by atoms with Crippen molar-refractivity contribution >= 4 is 33.6 Å². The van der Waals surface area contributed by atoms with Crippen LogP contribution in [0.5, 0.6) is 0 Å². The van der Waals surface area contributed by atoms with Crippen molar-refractivity contribution in [2.24, 2.45) is 11.8 Å². The number of sulfonamides is 1. The van der Waals surface area contributed by atoms with Gasteiger partial charge in [-0.2, -0.15) is 0 Å². The lowest BCUT2D eigenvalue weighted by atomic mass is 9.88. The Morgan fingerprint density at radius 3 is 2.21 bits per heavy atom. The van der Waals surface area contributed by atoms with Gasteiger partial charge in [-0.05, 0) is 68.5 Å². The number of halogens is 1. The molecule has 33 heavy (non-hydrogen) atoms. The Labute approximate surface area is 194 Å². The lowest BCUT2D eigenvalue weighted by Gasteiger charge is -2.32. The summed E-state index contributed by atoms with van der Waals surface area (Å²) in [5.74, 6) is -3.16. The van der Waals surface area contributed by atoms with Gasteiger partial charge in [0.05, 0.1) is 5.41 Å². The van der Waals surface area contributed by atoms with Gasteiger partial charge in [0.25, 0.3) is 10.0 Å². The number of hydrogen-bond acceptors (Lipinski definition) is 4. The minimum absolute atomic E-state index is 0.257. The Bertz CT molecular complexity index is 1090. The lowest BCUT2D eigenvalue weighted by Crippen LogP contribution is -2.49. The minimum Gasteiger partial charge on any atom is -0.309 e. The van der Waals surface area contributed by atoms with Crippen LogP contribution in [0.15, 0.2) is 60.0 Å². The standard InChI is InChI=1S/C25H29FN2O4S/c1-18(2)28(22-14-12-21(26)13-15-22)25(30)23(20-10-6-7-11-20)24(29)27-33(31,32)17-16-19-8-4-3-5-9-19/h3-5,8-9,12-18,20,23H,6-7,10-11H2,1-2H3,(H,27,29)/b17-16+. The third-order valence-electron chi connectivity index (χ3n) is 5.76. The first-order chi connectivity index (χ1) is 15.7. The lowest BCUT2D eigenvalue weighted by molar-refractivity contribution is -0.135. The molecule has 2 aromatic carbocycles. The molecule has 6 nitrogen and oxygen atoms in total. The Balaban J connectivity index is 1.86. The number of rotatable bonds is 8. The first-order valence-electron chi connectivity index (χ1n) is 11.1. The molecule has 8 heteroatoms. The molecule has 1 atom stereocenters. The van der Waals surface area contributed by atoms with Gasteiger partial charge in [0, 0.05) is 11.7 Å². The quantitative estimate of drug-likeness (QED) is 0.574. The van der Waals surface area contributed by atoms with Crippen LogP contribution >= 0.6 is 0 Å². The van der Waals surface area contributed by atoms with E-state index in [-0.39, 0.29) is 12.0 Å². The molecule has 176 valence electrons. The van der Waals surface area contributed by atoms with Gasteiger partial charge in [-0.25, -0.2) is 17.5 Å². The molecule has 0 radical (unpaired) electrons. The fourth-order valence-electron chi connectivity index (χ4n) is 4.22. The van der Waals surface area contributed by atoms with Gasteiger partial charge in [-0.3, -0.25) is 9.59 Å². The molecule has 1 aliphatic carbocycles. The third kappa shape index (κ3) is 6.51. The molecule has 3 rings (SSSR count). The van der Waals surface area contributed by atoms with E-state index >= 15 is 0 Å². The van der Waals surface area contributed by atoms with Gasteiger partial charge in [0.15, 0.2) is 0 Å². The Hall–Kier alpha value is -3.00. The van der Waals surface area contributed by atoms with Crippen molar-refractivity contribution in [3.05, 3.63) is 71.4 Å². The predicted molar refractivity (Wildman–Crippen MR) is 127 cm³/mol. The molecule has 0 aromatic heterocycles. The van der Waals surface area contributed by atoms with Crippen molar-refractivity contribution in [1.29, 1.82) is 0 Å². The number of amides is 2. The van der Waals surface area contributed by atoms with E-state index < -0.39 is 33.6 Å². The average molecular weight is 473 g/mol. The van der Waals surface area contributed by atoms with Crippen molar-refractivity contribution in [3.63, 3.8) is 0 Å². The maximum absolute atomic E-state index is 13.6. The highest BCUT2D eigenvalue weighted by Crippen LogP contribution is 2.34. The smallest absolute Gasteiger partial charge is 0.257 e. The van der Waals surface area contributed by atoms with Crippen molar-refractivity contribution < 1.29 is 22.4 Å². The number of benzene rings is 2. The van der Waals surface area contributed by atoms with Gasteiger partial charge in [0.1, 0.15) is 11.7 Å². The summed E-state index contributed by atoms with van der Waals surface area (Å²) < 4.78 is 40.7. The summed E-state index contributed by atoms with van der Waals surface area (Å²) in [6.45, 7) is 3.59. The fraction of sp³-hybridized carbons (Fsp3) is 0.360. The number of carbonyl (C=O) groups excluding carboxylic acids is 2. The maximum atomic E-state index is 13.6. The summed E-state index contributed by atoms with van der Waals surface area (Å²) in [5.41, 5.74) is 1.13. The van der Waals surface area contributed by atoms with Crippen LogP contribution in [0.2, 0.25) is 0 Å². The van der Waals surface area contributed by atoms with Crippen molar-refractivity contribution in [3.8, 4) is 0 Å². The zero-order chi connectivity index (χ0) is 24.0. The number of anilines is 1. The third-order valence-corrected chi connectivity index (χ3v) is 6.74. The molecule has 1 N–H and O–H groups in total. The normalized spacial score (nSPS) is 15.6. The average Bonchev–Trinajstić information content (AvgIpc) is 3.28. The van der Waals surface area contributed by atoms with E-state index in [1.807, 2.05) is 6.07 Å². The van der Waals surface area contributed by atoms with Gasteiger partial charge in [-0.1, -0.05) is 43.2 Å². The molecular formula is C25H29FN2O4S. The second kappa shape index (κ2) is 10.7. The summed E-state index contributed by atoms with van der Waals surface area (Å²) in [5, 5.41) is 0.927. The molecule has 0 aliphatic heterocycles. The fourth-order valence-corrected chi connectivity index (χ4v) is 5.03. The second-order valence-corrected chi connectivity index (χ2v) is 10.1. The molecule has 2 amide bonds. The van der Waals surface area contributed by atoms with Gasteiger partial charge < -0.3 is 4.90 Å². The molecule has 1 unspecified atom stereocenters. The highest BCUT2D eigenvalue weighted by Gasteiger charge is 2.41. The summed E-state index contributed by atoms with van der Waals surface area (Å²) in [4.78, 5) is 28.2. The monoisotopic (exact) mass is 472 g/mol. The predicted octanol–water partition coefficient (Wildman–Crippen LogP) is 4.49. The largest absolute Gasteiger partial charge is 0.309 e. The van der Waals surface area contributed by atoms with E-state index in [0.29, 0.717) is 24.1 Å². The summed E-state index contributed by atoms with van der Waals surface area (Å²) in [6, 6.07) is 14.0. The van der Waals surface area contributed by atoms with Crippen LogP contribution in [0.1, 0.15) is 45.1 Å². The summed E-state index contributed by atoms with van der Waals surface area (Å²) >= 11 is 0. The SMILES string of the molecule is CC(C)N(C(=O)C(C(=O)NS(=O)(=O)/C=C/c1ccccc1)C1CCCC1)c1ccc(F)cc1. The minimum atomic E-state index is -4.10. The van der Waals surface area contributed by atoms with E-state index in [9.17, 15) is 22.4 Å². The van der Waals surface area contributed by atoms with Crippen LogP contribution in [-0.4, -0.2) is 26.3 Å². The first-order valence-corrected chi connectivity index (χ1v) is 12.6. The number of nitrogens with zero attached hydrogens (tertiary/aromatic N) is 1. The Kier molecular flexibility index (Phi) is 8.02. The summed E-state index contributed by atoms with van der Waals surface area (Å²) in [6.07, 6.45) is 4.47. The van der Waals surface area contributed by atoms with Crippen molar-refractivity contribution in [2.75, 3.05) is 4.90 Å². The number of nitrogens with one attached hydrogen (secondary N) is 1. The van der Waals surface area contributed by atoms with Crippen molar-refractivity contribution in [1.82, 2.24) is 4.72 Å². The zero-order valence-electron chi connectivity index (χ0n) is 18.8. The van der Waals surface area contributed by atoms with E-state index in [4.69, 9.17) is 0 Å². The van der Waals surface area contributed by atoms with Crippen LogP contribution in [0.3, 0.4) is 0 Å². The first kappa shape index (κ1) is 24.6. The molecule has 0 saturated heterocycles. The van der Waals surface area contributed by atoms with Crippen LogP contribution in [-0.2, 0) is 19.6 Å². The number of hydrogen-bond donors (Lipinski definition) is 1. The Morgan fingerprint density at radius 1 is 1.03 bits per heavy atom.